The number of alkyl halides is 3. The minimum atomic E-state index is -4.95. The van der Waals surface area contributed by atoms with Crippen molar-refractivity contribution in [2.45, 2.75) is 24.8 Å². The smallest absolute Gasteiger partial charge is 0.389 e. The van der Waals surface area contributed by atoms with Crippen molar-refractivity contribution in [2.75, 3.05) is 0 Å². The van der Waals surface area contributed by atoms with Crippen LogP contribution in [0.2, 0.25) is 0 Å². The molecule has 0 radical (unpaired) electrons. The van der Waals surface area contributed by atoms with Crippen LogP contribution in [-0.4, -0.2) is 26.3 Å². The van der Waals surface area contributed by atoms with E-state index in [0.717, 1.165) is 0 Å². The molecule has 1 rings (SSSR count). The van der Waals surface area contributed by atoms with Crippen LogP contribution in [0.25, 0.3) is 0 Å². The monoisotopic (exact) mass is 263 g/mol. The summed E-state index contributed by atoms with van der Waals surface area (Å²) in [4.78, 5) is 16.1. The summed E-state index contributed by atoms with van der Waals surface area (Å²) in [5, 5.41) is 27.0. The molecule has 1 aromatic heterocycles. The van der Waals surface area contributed by atoms with E-state index in [-0.39, 0.29) is 0 Å². The van der Waals surface area contributed by atoms with Crippen molar-refractivity contribution in [3.63, 3.8) is 0 Å². The first-order valence-electron chi connectivity index (χ1n) is 4.67. The zero-order chi connectivity index (χ0) is 13.9. The zero-order valence-electron chi connectivity index (χ0n) is 8.77. The number of halogens is 3. The van der Waals surface area contributed by atoms with Gasteiger partial charge in [-0.3, -0.25) is 4.79 Å². The fourth-order valence-electron chi connectivity index (χ4n) is 1.31. The van der Waals surface area contributed by atoms with Crippen LogP contribution in [0.1, 0.15) is 23.8 Å². The van der Waals surface area contributed by atoms with Gasteiger partial charge in [0.2, 0.25) is 0 Å². The van der Waals surface area contributed by atoms with Gasteiger partial charge in [-0.2, -0.15) is 18.4 Å². The molecule has 1 heterocycles. The number of aliphatic hydroxyl groups is 2. The Hall–Kier alpha value is -1.92. The average Bonchev–Trinajstić information content (AvgIpc) is 2.27. The Bertz CT molecular complexity index is 520. The second kappa shape index (κ2) is 5.16. The molecular weight excluding hydrogens is 255 g/mol. The number of aromatic nitrogens is 2. The standard InChI is InChI=1S/C9H8F3N3O3/c10-9(11,12)7-5(8(18)15-3-14-7)6(17)4(16)1-2-13/h3-4,6,16-17H,1H2,(H,14,15,18). The highest BCUT2D eigenvalue weighted by Crippen LogP contribution is 2.32. The van der Waals surface area contributed by atoms with Crippen LogP contribution in [0.3, 0.4) is 0 Å². The number of aromatic amines is 1. The first-order valence-corrected chi connectivity index (χ1v) is 4.67. The molecule has 0 saturated heterocycles. The molecule has 2 unspecified atom stereocenters. The van der Waals surface area contributed by atoms with E-state index in [2.05, 4.69) is 4.98 Å². The van der Waals surface area contributed by atoms with E-state index in [9.17, 15) is 28.2 Å². The summed E-state index contributed by atoms with van der Waals surface area (Å²) in [6.45, 7) is 0. The molecule has 0 saturated carbocycles. The van der Waals surface area contributed by atoms with Gasteiger partial charge in [0.15, 0.2) is 5.69 Å². The predicted octanol–water partition coefficient (Wildman–Crippen LogP) is 0.0967. The minimum absolute atomic E-state index is 0.540. The molecule has 98 valence electrons. The number of nitriles is 1. The van der Waals surface area contributed by atoms with Crippen molar-refractivity contribution in [2.24, 2.45) is 0 Å². The zero-order valence-corrected chi connectivity index (χ0v) is 8.77. The van der Waals surface area contributed by atoms with E-state index in [4.69, 9.17) is 5.26 Å². The van der Waals surface area contributed by atoms with Gasteiger partial charge >= 0.3 is 6.18 Å². The highest BCUT2D eigenvalue weighted by atomic mass is 19.4. The highest BCUT2D eigenvalue weighted by Gasteiger charge is 2.39. The third kappa shape index (κ3) is 2.85. The first kappa shape index (κ1) is 14.1. The van der Waals surface area contributed by atoms with E-state index < -0.39 is 41.6 Å². The molecule has 3 N–H and O–H groups in total. The third-order valence-corrected chi connectivity index (χ3v) is 2.12. The summed E-state index contributed by atoms with van der Waals surface area (Å²) in [5.41, 5.74) is -3.91. The lowest BCUT2D eigenvalue weighted by Crippen LogP contribution is -2.30. The Balaban J connectivity index is 3.32. The summed E-state index contributed by atoms with van der Waals surface area (Å²) >= 11 is 0. The first-order chi connectivity index (χ1) is 8.29. The quantitative estimate of drug-likeness (QED) is 0.716. The number of hydrogen-bond acceptors (Lipinski definition) is 5. The van der Waals surface area contributed by atoms with Crippen LogP contribution in [0.5, 0.6) is 0 Å². The Morgan fingerprint density at radius 2 is 2.11 bits per heavy atom. The van der Waals surface area contributed by atoms with Gasteiger partial charge in [-0.25, -0.2) is 4.98 Å². The summed E-state index contributed by atoms with van der Waals surface area (Å²) in [7, 11) is 0. The third-order valence-electron chi connectivity index (χ3n) is 2.12. The molecule has 0 spiro atoms. The summed E-state index contributed by atoms with van der Waals surface area (Å²) in [6.07, 6.45) is -8.97. The molecule has 0 fully saturated rings. The largest absolute Gasteiger partial charge is 0.433 e. The van der Waals surface area contributed by atoms with Crippen LogP contribution in [-0.2, 0) is 6.18 Å². The predicted molar refractivity (Wildman–Crippen MR) is 51.1 cm³/mol. The highest BCUT2D eigenvalue weighted by molar-refractivity contribution is 5.23. The van der Waals surface area contributed by atoms with Gasteiger partial charge in [-0.1, -0.05) is 0 Å². The number of aliphatic hydroxyl groups excluding tert-OH is 2. The van der Waals surface area contributed by atoms with Gasteiger partial charge in [-0.05, 0) is 0 Å². The number of nitrogens with one attached hydrogen (secondary N) is 1. The number of H-pyrrole nitrogens is 1. The number of nitrogens with zero attached hydrogens (tertiary/aromatic N) is 2. The van der Waals surface area contributed by atoms with Crippen molar-refractivity contribution in [1.29, 1.82) is 5.26 Å². The van der Waals surface area contributed by atoms with Gasteiger partial charge < -0.3 is 15.2 Å². The molecule has 18 heavy (non-hydrogen) atoms. The van der Waals surface area contributed by atoms with Gasteiger partial charge in [0, 0.05) is 0 Å². The van der Waals surface area contributed by atoms with Gasteiger partial charge in [0.1, 0.15) is 6.10 Å². The fraction of sp³-hybridized carbons (Fsp3) is 0.444. The fourth-order valence-corrected chi connectivity index (χ4v) is 1.31. The molecule has 0 aliphatic rings. The lowest BCUT2D eigenvalue weighted by molar-refractivity contribution is -0.143. The van der Waals surface area contributed by atoms with Gasteiger partial charge in [0.25, 0.3) is 5.56 Å². The molecule has 0 amide bonds. The van der Waals surface area contributed by atoms with E-state index in [1.54, 1.807) is 0 Å². The maximum absolute atomic E-state index is 12.6. The lowest BCUT2D eigenvalue weighted by Gasteiger charge is -2.18. The van der Waals surface area contributed by atoms with Crippen LogP contribution in [0.4, 0.5) is 13.2 Å². The SMILES string of the molecule is N#CCC(O)C(O)c1c(C(F)(F)F)nc[nH]c1=O. The van der Waals surface area contributed by atoms with Crippen molar-refractivity contribution < 1.29 is 23.4 Å². The van der Waals surface area contributed by atoms with Crippen molar-refractivity contribution in [3.8, 4) is 6.07 Å². The minimum Gasteiger partial charge on any atom is -0.389 e. The second-order valence-corrected chi connectivity index (χ2v) is 3.37. The maximum atomic E-state index is 12.6. The maximum Gasteiger partial charge on any atom is 0.433 e. The Morgan fingerprint density at radius 1 is 1.50 bits per heavy atom. The average molecular weight is 263 g/mol. The molecule has 1 aromatic rings. The number of hydrogen-bond donors (Lipinski definition) is 3. The van der Waals surface area contributed by atoms with Crippen molar-refractivity contribution >= 4 is 0 Å². The van der Waals surface area contributed by atoms with Crippen LogP contribution >= 0.6 is 0 Å². The van der Waals surface area contributed by atoms with Crippen LogP contribution in [0.15, 0.2) is 11.1 Å². The summed E-state index contributed by atoms with van der Waals surface area (Å²) < 4.78 is 37.7. The lowest BCUT2D eigenvalue weighted by atomic mass is 10.0. The van der Waals surface area contributed by atoms with E-state index in [0.29, 0.717) is 6.33 Å². The molecule has 2 atom stereocenters. The summed E-state index contributed by atoms with van der Waals surface area (Å²) in [5.74, 6) is 0. The molecule has 0 aromatic carbocycles. The Kier molecular flexibility index (Phi) is 4.05. The molecule has 0 aliphatic carbocycles. The molecule has 9 heteroatoms. The van der Waals surface area contributed by atoms with Gasteiger partial charge in [-0.15, -0.1) is 0 Å². The Labute approximate surface area is 98.3 Å². The van der Waals surface area contributed by atoms with Gasteiger partial charge in [0.05, 0.1) is 30.5 Å². The second-order valence-electron chi connectivity index (χ2n) is 3.37. The topological polar surface area (TPSA) is 110 Å². The normalized spacial score (nSPS) is 14.9. The molecular formula is C9H8F3N3O3. The van der Waals surface area contributed by atoms with Crippen LogP contribution < -0.4 is 5.56 Å². The molecule has 6 nitrogen and oxygen atoms in total. The summed E-state index contributed by atoms with van der Waals surface area (Å²) in [6, 6.07) is 1.47. The van der Waals surface area contributed by atoms with Crippen molar-refractivity contribution in [1.82, 2.24) is 9.97 Å². The van der Waals surface area contributed by atoms with Crippen LogP contribution in [0, 0.1) is 11.3 Å². The van der Waals surface area contributed by atoms with E-state index in [1.807, 2.05) is 4.98 Å². The number of rotatable bonds is 3. The van der Waals surface area contributed by atoms with Crippen molar-refractivity contribution in [3.05, 3.63) is 27.9 Å². The van der Waals surface area contributed by atoms with E-state index in [1.165, 1.54) is 6.07 Å². The van der Waals surface area contributed by atoms with E-state index >= 15 is 0 Å². The molecule has 0 aliphatic heterocycles. The molecule has 0 bridgehead atoms. The Morgan fingerprint density at radius 3 is 2.61 bits per heavy atom.